The minimum absolute atomic E-state index is 0.00338. The van der Waals surface area contributed by atoms with E-state index in [0.29, 0.717) is 56.0 Å². The van der Waals surface area contributed by atoms with E-state index in [1.165, 1.54) is 29.6 Å². The molecule has 12 nitrogen and oxygen atoms in total. The summed E-state index contributed by atoms with van der Waals surface area (Å²) in [6.07, 6.45) is 1.18. The number of nitrogens with zero attached hydrogens (tertiary/aromatic N) is 1. The lowest BCUT2D eigenvalue weighted by Crippen LogP contribution is -2.47. The van der Waals surface area contributed by atoms with Crippen molar-refractivity contribution in [3.8, 4) is 5.75 Å². The van der Waals surface area contributed by atoms with Crippen molar-refractivity contribution < 1.29 is 36.2 Å². The lowest BCUT2D eigenvalue weighted by atomic mass is 9.88. The van der Waals surface area contributed by atoms with Crippen LogP contribution >= 0.6 is 0 Å². The number of benzene rings is 2. The number of anilines is 1. The Morgan fingerprint density at radius 3 is 2.67 bits per heavy atom. The van der Waals surface area contributed by atoms with Gasteiger partial charge in [-0.2, -0.15) is 4.31 Å². The van der Waals surface area contributed by atoms with Crippen molar-refractivity contribution in [2.24, 2.45) is 0 Å². The van der Waals surface area contributed by atoms with E-state index in [2.05, 4.69) is 15.4 Å². The van der Waals surface area contributed by atoms with Crippen molar-refractivity contribution in [1.82, 2.24) is 14.3 Å². The zero-order valence-corrected chi connectivity index (χ0v) is 23.8. The van der Waals surface area contributed by atoms with Crippen LogP contribution in [0, 0.1) is 0 Å². The number of rotatable bonds is 10. The quantitative estimate of drug-likeness (QED) is 0.306. The molecule has 218 valence electrons. The van der Waals surface area contributed by atoms with E-state index in [9.17, 15) is 26.7 Å². The summed E-state index contributed by atoms with van der Waals surface area (Å²) in [6.45, 7) is 1.36. The van der Waals surface area contributed by atoms with Crippen molar-refractivity contribution in [1.29, 1.82) is 0 Å². The maximum absolute atomic E-state index is 13.3. The maximum atomic E-state index is 13.3. The number of sulfonamides is 2. The average molecular weight is 595 g/mol. The number of ether oxygens (including phenoxy) is 2. The smallest absolute Gasteiger partial charge is 0.243 e. The number of fused-ring (bicyclic) bond motifs is 1. The Labute approximate surface area is 234 Å². The lowest BCUT2D eigenvalue weighted by molar-refractivity contribution is -0.115. The second-order valence-electron chi connectivity index (χ2n) is 10.4. The molecule has 4 N–H and O–H groups in total. The van der Waals surface area contributed by atoms with E-state index in [1.807, 2.05) is 0 Å². The molecular formula is C26H34N4O8S2. The molecule has 2 saturated heterocycles. The van der Waals surface area contributed by atoms with Gasteiger partial charge in [0.1, 0.15) is 18.5 Å². The molecule has 14 heteroatoms. The summed E-state index contributed by atoms with van der Waals surface area (Å²) in [4.78, 5) is 11.9. The van der Waals surface area contributed by atoms with Crippen molar-refractivity contribution >= 4 is 31.6 Å². The number of aliphatic hydroxyl groups excluding tert-OH is 1. The topological polar surface area (TPSA) is 163 Å². The number of hydrogen-bond acceptors (Lipinski definition) is 9. The van der Waals surface area contributed by atoms with Gasteiger partial charge in [0.25, 0.3) is 0 Å². The fourth-order valence-electron chi connectivity index (χ4n) is 5.38. The summed E-state index contributed by atoms with van der Waals surface area (Å²) in [7, 11) is -5.95. The average Bonchev–Trinajstić information content (AvgIpc) is 3.52. The highest BCUT2D eigenvalue weighted by Crippen LogP contribution is 2.38. The highest BCUT2D eigenvalue weighted by Gasteiger charge is 2.44. The Morgan fingerprint density at radius 1 is 1.15 bits per heavy atom. The lowest BCUT2D eigenvalue weighted by Gasteiger charge is -2.38. The third-order valence-electron chi connectivity index (χ3n) is 7.65. The van der Waals surface area contributed by atoms with Gasteiger partial charge in [0.15, 0.2) is 0 Å². The van der Waals surface area contributed by atoms with Crippen molar-refractivity contribution in [3.05, 3.63) is 48.0 Å². The number of piperidine rings is 1. The molecule has 0 aliphatic carbocycles. The van der Waals surface area contributed by atoms with Gasteiger partial charge >= 0.3 is 0 Å². The van der Waals surface area contributed by atoms with Crippen LogP contribution in [0.3, 0.4) is 0 Å². The van der Waals surface area contributed by atoms with Crippen LogP contribution in [0.4, 0.5) is 5.69 Å². The molecule has 1 amide bonds. The van der Waals surface area contributed by atoms with Crippen LogP contribution in [0.25, 0.3) is 0 Å². The van der Waals surface area contributed by atoms with Crippen LogP contribution in [-0.2, 0) is 36.0 Å². The first-order chi connectivity index (χ1) is 19.0. The van der Waals surface area contributed by atoms with E-state index in [4.69, 9.17) is 9.47 Å². The van der Waals surface area contributed by atoms with Crippen LogP contribution in [0.1, 0.15) is 24.8 Å². The van der Waals surface area contributed by atoms with Crippen molar-refractivity contribution in [3.63, 3.8) is 0 Å². The van der Waals surface area contributed by atoms with Gasteiger partial charge in [-0.15, -0.1) is 0 Å². The molecule has 0 saturated carbocycles. The minimum Gasteiger partial charge on any atom is -0.491 e. The second kappa shape index (κ2) is 11.4. The maximum Gasteiger partial charge on any atom is 0.243 e. The molecule has 2 unspecified atom stereocenters. The molecule has 2 fully saturated rings. The summed E-state index contributed by atoms with van der Waals surface area (Å²) in [5.74, 6) is 0.198. The van der Waals surface area contributed by atoms with Gasteiger partial charge in [-0.1, -0.05) is 6.07 Å². The number of aliphatic hydroxyl groups is 1. The Morgan fingerprint density at radius 2 is 1.93 bits per heavy atom. The molecule has 40 heavy (non-hydrogen) atoms. The highest BCUT2D eigenvalue weighted by molar-refractivity contribution is 7.89. The zero-order chi connectivity index (χ0) is 28.5. The summed E-state index contributed by atoms with van der Waals surface area (Å²) >= 11 is 0. The van der Waals surface area contributed by atoms with Gasteiger partial charge in [0.05, 0.1) is 28.4 Å². The SMILES string of the molecule is CNS(=O)(=O)c1cccc(OCC(O)CNC2COC3(CCN(S(=O)(=O)c4ccc5c(c4)CC(=O)N5)CC3)C2)c1. The molecule has 1 spiro atoms. The summed E-state index contributed by atoms with van der Waals surface area (Å²) in [5, 5.41) is 16.4. The number of hydrogen-bond donors (Lipinski definition) is 4. The Bertz CT molecular complexity index is 1470. The molecule has 2 aromatic rings. The number of amides is 1. The molecule has 2 atom stereocenters. The Hall–Kier alpha value is -2.59. The van der Waals surface area contributed by atoms with Crippen LogP contribution in [0.5, 0.6) is 5.75 Å². The largest absolute Gasteiger partial charge is 0.491 e. The van der Waals surface area contributed by atoms with Crippen molar-refractivity contribution in [2.75, 3.05) is 45.2 Å². The van der Waals surface area contributed by atoms with Gasteiger partial charge < -0.3 is 25.2 Å². The minimum atomic E-state index is -3.68. The molecule has 3 heterocycles. The van der Waals surface area contributed by atoms with Crippen LogP contribution in [0.2, 0.25) is 0 Å². The fourth-order valence-corrected chi connectivity index (χ4v) is 7.63. The third-order valence-corrected chi connectivity index (χ3v) is 11.0. The Kier molecular flexibility index (Phi) is 8.21. The van der Waals surface area contributed by atoms with Gasteiger partial charge in [0.2, 0.25) is 26.0 Å². The normalized spacial score (nSPS) is 21.8. The predicted molar refractivity (Wildman–Crippen MR) is 146 cm³/mol. The molecule has 3 aliphatic heterocycles. The molecule has 0 radical (unpaired) electrons. The molecular weight excluding hydrogens is 560 g/mol. The monoisotopic (exact) mass is 594 g/mol. The summed E-state index contributed by atoms with van der Waals surface area (Å²) < 4.78 is 65.9. The van der Waals surface area contributed by atoms with Gasteiger partial charge in [-0.3, -0.25) is 4.79 Å². The van der Waals surface area contributed by atoms with Crippen molar-refractivity contribution in [2.45, 2.75) is 53.2 Å². The van der Waals surface area contributed by atoms with Gasteiger partial charge in [-0.05, 0) is 62.2 Å². The number of nitrogens with one attached hydrogen (secondary N) is 3. The standard InChI is InChI=1S/C26H34N4O8S2/c1-27-39(33,34)22-4-2-3-21(13-22)37-17-20(31)15-28-19-14-26(38-16-19)7-9-30(10-8-26)40(35,36)23-5-6-24-18(11-23)12-25(32)29-24/h2-6,11,13,19-20,27-28,31H,7-10,12,14-17H2,1H3,(H,29,32). The van der Waals surface area contributed by atoms with Gasteiger partial charge in [-0.25, -0.2) is 21.6 Å². The first kappa shape index (κ1) is 28.9. The molecule has 0 bridgehead atoms. The van der Waals surface area contributed by atoms with E-state index in [-0.39, 0.29) is 41.3 Å². The van der Waals surface area contributed by atoms with E-state index < -0.39 is 31.8 Å². The number of carbonyl (C=O) groups is 1. The number of carbonyl (C=O) groups excluding carboxylic acids is 1. The van der Waals surface area contributed by atoms with E-state index in [1.54, 1.807) is 24.3 Å². The molecule has 2 aromatic carbocycles. The fraction of sp³-hybridized carbons (Fsp3) is 0.500. The predicted octanol–water partition coefficient (Wildman–Crippen LogP) is 0.431. The van der Waals surface area contributed by atoms with Crippen LogP contribution in [0.15, 0.2) is 52.3 Å². The van der Waals surface area contributed by atoms with Gasteiger partial charge in [0, 0.05) is 37.4 Å². The molecule has 0 aromatic heterocycles. The van der Waals surface area contributed by atoms with E-state index >= 15 is 0 Å². The first-order valence-corrected chi connectivity index (χ1v) is 16.1. The molecule has 3 aliphatic rings. The van der Waals surface area contributed by atoms with Crippen LogP contribution < -0.4 is 20.1 Å². The van der Waals surface area contributed by atoms with E-state index in [0.717, 1.165) is 0 Å². The second-order valence-corrected chi connectivity index (χ2v) is 14.2. The first-order valence-electron chi connectivity index (χ1n) is 13.1. The third kappa shape index (κ3) is 6.17. The summed E-state index contributed by atoms with van der Waals surface area (Å²) in [5.41, 5.74) is 0.930. The van der Waals surface area contributed by atoms with Crippen LogP contribution in [-0.4, -0.2) is 89.8 Å². The zero-order valence-electron chi connectivity index (χ0n) is 22.1. The summed E-state index contributed by atoms with van der Waals surface area (Å²) in [6, 6.07) is 10.8. The highest BCUT2D eigenvalue weighted by atomic mass is 32.2. The Balaban J connectivity index is 1.08. The molecule has 5 rings (SSSR count).